The number of rotatable bonds is 3. The summed E-state index contributed by atoms with van der Waals surface area (Å²) < 4.78 is 36.1. The van der Waals surface area contributed by atoms with Crippen molar-refractivity contribution in [3.63, 3.8) is 0 Å². The van der Waals surface area contributed by atoms with Gasteiger partial charge in [0.05, 0.1) is 12.1 Å². The molecule has 0 bridgehead atoms. The van der Waals surface area contributed by atoms with Crippen LogP contribution >= 0.6 is 11.3 Å². The van der Waals surface area contributed by atoms with Crippen molar-refractivity contribution in [1.82, 2.24) is 10.3 Å². The van der Waals surface area contributed by atoms with E-state index in [0.29, 0.717) is 12.2 Å². The lowest BCUT2D eigenvalue weighted by molar-refractivity contribution is -0.127. The molecule has 0 saturated heterocycles. The topological polar surface area (TPSA) is 24.9 Å². The average Bonchev–Trinajstić information content (AvgIpc) is 2.28. The molecular weight excluding hydrogens is 213 g/mol. The Labute approximate surface area is 84.2 Å². The van der Waals surface area contributed by atoms with Crippen LogP contribution in [0.4, 0.5) is 13.2 Å². The molecule has 0 fully saturated rings. The number of hydrogen-bond acceptors (Lipinski definition) is 3. The average molecular weight is 224 g/mol. The predicted molar refractivity (Wildman–Crippen MR) is 49.4 cm³/mol. The zero-order valence-corrected chi connectivity index (χ0v) is 8.72. The van der Waals surface area contributed by atoms with Gasteiger partial charge in [0.1, 0.15) is 5.01 Å². The minimum Gasteiger partial charge on any atom is -0.315 e. The first-order valence-electron chi connectivity index (χ1n) is 4.09. The molecule has 80 valence electrons. The first-order valence-corrected chi connectivity index (χ1v) is 4.90. The largest absolute Gasteiger partial charge is 0.395 e. The zero-order valence-electron chi connectivity index (χ0n) is 7.90. The first kappa shape index (κ1) is 11.5. The van der Waals surface area contributed by atoms with Crippen molar-refractivity contribution in [1.29, 1.82) is 0 Å². The Balaban J connectivity index is 2.75. The quantitative estimate of drug-likeness (QED) is 0.852. The van der Waals surface area contributed by atoms with E-state index >= 15 is 0 Å². The number of aryl methyl sites for hydroxylation is 1. The summed E-state index contributed by atoms with van der Waals surface area (Å²) >= 11 is 1.12. The fourth-order valence-corrected chi connectivity index (χ4v) is 2.17. The molecule has 1 aromatic heterocycles. The molecule has 0 aliphatic heterocycles. The zero-order chi connectivity index (χ0) is 10.8. The Hall–Kier alpha value is -0.620. The van der Waals surface area contributed by atoms with Gasteiger partial charge in [-0.1, -0.05) is 0 Å². The van der Waals surface area contributed by atoms with Crippen molar-refractivity contribution in [2.75, 3.05) is 7.05 Å². The van der Waals surface area contributed by atoms with Crippen molar-refractivity contribution < 1.29 is 13.2 Å². The van der Waals surface area contributed by atoms with Gasteiger partial charge in [0.2, 0.25) is 0 Å². The normalized spacial score (nSPS) is 12.1. The summed E-state index contributed by atoms with van der Waals surface area (Å²) in [6, 6.07) is 0. The highest BCUT2D eigenvalue weighted by Crippen LogP contribution is 2.26. The van der Waals surface area contributed by atoms with E-state index in [1.807, 2.05) is 0 Å². The summed E-state index contributed by atoms with van der Waals surface area (Å²) in [6.45, 7) is 2.30. The van der Waals surface area contributed by atoms with Crippen LogP contribution in [0.25, 0.3) is 0 Å². The highest BCUT2D eigenvalue weighted by atomic mass is 32.1. The van der Waals surface area contributed by atoms with E-state index in [9.17, 15) is 13.2 Å². The Morgan fingerprint density at radius 1 is 1.43 bits per heavy atom. The first-order chi connectivity index (χ1) is 6.42. The van der Waals surface area contributed by atoms with Crippen LogP contribution < -0.4 is 5.32 Å². The van der Waals surface area contributed by atoms with Gasteiger partial charge >= 0.3 is 6.18 Å². The Morgan fingerprint density at radius 3 is 2.57 bits per heavy atom. The van der Waals surface area contributed by atoms with E-state index in [1.54, 1.807) is 14.0 Å². The molecule has 1 aromatic rings. The molecule has 0 amide bonds. The lowest BCUT2D eigenvalue weighted by atomic mass is 10.4. The predicted octanol–water partition coefficient (Wildman–Crippen LogP) is 2.28. The number of alkyl halides is 3. The molecule has 6 heteroatoms. The van der Waals surface area contributed by atoms with E-state index in [1.165, 1.54) is 0 Å². The van der Waals surface area contributed by atoms with Gasteiger partial charge in [-0.15, -0.1) is 11.3 Å². The Bertz CT molecular complexity index is 306. The monoisotopic (exact) mass is 224 g/mol. The lowest BCUT2D eigenvalue weighted by Crippen LogP contribution is -2.11. The SMILES string of the molecule is CNCc1sc(CC(F)(F)F)nc1C. The fraction of sp³-hybridized carbons (Fsp3) is 0.625. The van der Waals surface area contributed by atoms with E-state index in [-0.39, 0.29) is 5.01 Å². The third-order valence-corrected chi connectivity index (χ3v) is 2.78. The number of hydrogen-bond donors (Lipinski definition) is 1. The molecule has 0 aromatic carbocycles. The van der Waals surface area contributed by atoms with Crippen molar-refractivity contribution in [2.45, 2.75) is 26.1 Å². The molecule has 0 atom stereocenters. The van der Waals surface area contributed by atoms with Gasteiger partial charge in [0.15, 0.2) is 0 Å². The smallest absolute Gasteiger partial charge is 0.315 e. The number of thiazole rings is 1. The van der Waals surface area contributed by atoms with Crippen LogP contribution in [0.3, 0.4) is 0 Å². The van der Waals surface area contributed by atoms with Crippen molar-refractivity contribution in [3.8, 4) is 0 Å². The third kappa shape index (κ3) is 3.26. The molecule has 0 radical (unpaired) electrons. The minimum absolute atomic E-state index is 0.139. The van der Waals surface area contributed by atoms with Gasteiger partial charge in [-0.2, -0.15) is 13.2 Å². The van der Waals surface area contributed by atoms with Crippen molar-refractivity contribution in [2.24, 2.45) is 0 Å². The molecule has 0 aliphatic carbocycles. The van der Waals surface area contributed by atoms with Crippen LogP contribution in [0.2, 0.25) is 0 Å². The highest BCUT2D eigenvalue weighted by Gasteiger charge is 2.29. The number of nitrogens with zero attached hydrogens (tertiary/aromatic N) is 1. The van der Waals surface area contributed by atoms with Gasteiger partial charge < -0.3 is 5.32 Å². The maximum absolute atomic E-state index is 12.0. The van der Waals surface area contributed by atoms with Crippen LogP contribution in [0.15, 0.2) is 0 Å². The van der Waals surface area contributed by atoms with Crippen LogP contribution in [0, 0.1) is 6.92 Å². The van der Waals surface area contributed by atoms with E-state index in [2.05, 4.69) is 10.3 Å². The van der Waals surface area contributed by atoms with Crippen molar-refractivity contribution >= 4 is 11.3 Å². The number of nitrogens with one attached hydrogen (secondary N) is 1. The summed E-state index contributed by atoms with van der Waals surface area (Å²) in [5.74, 6) is 0. The van der Waals surface area contributed by atoms with Crippen LogP contribution in [0.5, 0.6) is 0 Å². The fourth-order valence-electron chi connectivity index (χ4n) is 1.06. The lowest BCUT2D eigenvalue weighted by Gasteiger charge is -2.01. The molecule has 0 aliphatic rings. The van der Waals surface area contributed by atoms with Crippen LogP contribution in [-0.4, -0.2) is 18.2 Å². The minimum atomic E-state index is -4.17. The Morgan fingerprint density at radius 2 is 2.07 bits per heavy atom. The number of aromatic nitrogens is 1. The summed E-state index contributed by atoms with van der Waals surface area (Å²) in [5.41, 5.74) is 0.684. The molecule has 0 saturated carbocycles. The molecule has 1 heterocycles. The second kappa shape index (κ2) is 4.27. The molecule has 14 heavy (non-hydrogen) atoms. The van der Waals surface area contributed by atoms with Gasteiger partial charge in [-0.05, 0) is 14.0 Å². The van der Waals surface area contributed by atoms with Gasteiger partial charge in [0, 0.05) is 11.4 Å². The van der Waals surface area contributed by atoms with Crippen LogP contribution in [-0.2, 0) is 13.0 Å². The van der Waals surface area contributed by atoms with Gasteiger partial charge in [-0.25, -0.2) is 4.98 Å². The molecule has 0 spiro atoms. The molecule has 2 nitrogen and oxygen atoms in total. The van der Waals surface area contributed by atoms with Gasteiger partial charge in [0.25, 0.3) is 0 Å². The highest BCUT2D eigenvalue weighted by molar-refractivity contribution is 7.11. The maximum atomic E-state index is 12.0. The Kier molecular flexibility index (Phi) is 3.49. The van der Waals surface area contributed by atoms with E-state index < -0.39 is 12.6 Å². The van der Waals surface area contributed by atoms with E-state index in [0.717, 1.165) is 16.2 Å². The van der Waals surface area contributed by atoms with Crippen LogP contribution in [0.1, 0.15) is 15.6 Å². The standard InChI is InChI=1S/C8H11F3N2S/c1-5-6(4-12-2)14-7(13-5)3-8(9,10)11/h12H,3-4H2,1-2H3. The summed E-state index contributed by atoms with van der Waals surface area (Å²) in [4.78, 5) is 4.74. The summed E-state index contributed by atoms with van der Waals surface area (Å²) in [6.07, 6.45) is -5.09. The van der Waals surface area contributed by atoms with Crippen molar-refractivity contribution in [3.05, 3.63) is 15.6 Å². The van der Waals surface area contributed by atoms with E-state index in [4.69, 9.17) is 0 Å². The second-order valence-electron chi connectivity index (χ2n) is 2.94. The summed E-state index contributed by atoms with van der Waals surface area (Å²) in [5, 5.41) is 3.03. The maximum Gasteiger partial charge on any atom is 0.395 e. The molecule has 1 N–H and O–H groups in total. The third-order valence-electron chi connectivity index (χ3n) is 1.63. The molecule has 0 unspecified atom stereocenters. The summed E-state index contributed by atoms with van der Waals surface area (Å²) in [7, 11) is 1.75. The number of halogens is 3. The second-order valence-corrected chi connectivity index (χ2v) is 4.11. The molecular formula is C8H11F3N2S. The molecule has 1 rings (SSSR count). The van der Waals surface area contributed by atoms with Gasteiger partial charge in [-0.3, -0.25) is 0 Å².